The quantitative estimate of drug-likeness (QED) is 0.601. The van der Waals surface area contributed by atoms with Gasteiger partial charge in [-0.3, -0.25) is 9.59 Å². The van der Waals surface area contributed by atoms with Crippen molar-refractivity contribution in [2.75, 3.05) is 32.2 Å². The SMILES string of the molecule is CN1CCC(C(=O)Nc2ccc3[nH]ccc3c2)(N2C(=O)CC2c2ccc3c(c2)OCO3)CC1. The Morgan fingerprint density at radius 1 is 1.09 bits per heavy atom. The fraction of sp³-hybridized carbons (Fsp3) is 0.360. The molecule has 4 heterocycles. The predicted octanol–water partition coefficient (Wildman–Crippen LogP) is 3.27. The molecule has 8 nitrogen and oxygen atoms in total. The molecule has 3 aliphatic rings. The third-order valence-electron chi connectivity index (χ3n) is 7.24. The van der Waals surface area contributed by atoms with Crippen LogP contribution in [-0.2, 0) is 9.59 Å². The smallest absolute Gasteiger partial charge is 0.250 e. The Morgan fingerprint density at radius 3 is 2.73 bits per heavy atom. The number of benzene rings is 2. The topological polar surface area (TPSA) is 86.9 Å². The van der Waals surface area contributed by atoms with E-state index in [-0.39, 0.29) is 24.6 Å². The van der Waals surface area contributed by atoms with E-state index in [0.717, 1.165) is 35.2 Å². The Balaban J connectivity index is 1.33. The predicted molar refractivity (Wildman–Crippen MR) is 123 cm³/mol. The van der Waals surface area contributed by atoms with Crippen LogP contribution in [0.2, 0.25) is 0 Å². The fourth-order valence-electron chi connectivity index (χ4n) is 5.29. The highest BCUT2D eigenvalue weighted by molar-refractivity contribution is 6.03. The first-order valence-corrected chi connectivity index (χ1v) is 11.3. The van der Waals surface area contributed by atoms with Crippen molar-refractivity contribution < 1.29 is 19.1 Å². The lowest BCUT2D eigenvalue weighted by molar-refractivity contribution is -0.167. The summed E-state index contributed by atoms with van der Waals surface area (Å²) in [5, 5.41) is 4.15. The third kappa shape index (κ3) is 3.24. The summed E-state index contributed by atoms with van der Waals surface area (Å²) in [4.78, 5) is 34.0. The number of piperidine rings is 1. The number of ether oxygens (including phenoxy) is 2. The number of hydrogen-bond donors (Lipinski definition) is 2. The zero-order chi connectivity index (χ0) is 22.6. The van der Waals surface area contributed by atoms with Crippen LogP contribution in [0, 0.1) is 0 Å². The number of anilines is 1. The Bertz CT molecular complexity index is 1240. The summed E-state index contributed by atoms with van der Waals surface area (Å²) in [6, 6.07) is 13.4. The van der Waals surface area contributed by atoms with Crippen LogP contribution in [-0.4, -0.2) is 59.1 Å². The highest BCUT2D eigenvalue weighted by Gasteiger charge is 2.55. The Hall–Kier alpha value is -3.52. The largest absolute Gasteiger partial charge is 0.454 e. The normalized spacial score (nSPS) is 21.8. The number of fused-ring (bicyclic) bond motifs is 2. The van der Waals surface area contributed by atoms with Crippen molar-refractivity contribution in [3.63, 3.8) is 0 Å². The van der Waals surface area contributed by atoms with Crippen molar-refractivity contribution in [1.82, 2.24) is 14.8 Å². The van der Waals surface area contributed by atoms with Gasteiger partial charge in [-0.15, -0.1) is 0 Å². The van der Waals surface area contributed by atoms with Gasteiger partial charge < -0.3 is 29.6 Å². The van der Waals surface area contributed by atoms with Crippen LogP contribution in [0.25, 0.3) is 10.9 Å². The van der Waals surface area contributed by atoms with Crippen LogP contribution in [0.15, 0.2) is 48.7 Å². The van der Waals surface area contributed by atoms with Crippen molar-refractivity contribution in [3.8, 4) is 11.5 Å². The molecule has 8 heteroatoms. The van der Waals surface area contributed by atoms with Gasteiger partial charge in [0.2, 0.25) is 18.6 Å². The van der Waals surface area contributed by atoms with E-state index in [1.807, 2.05) is 53.6 Å². The number of nitrogens with zero attached hydrogens (tertiary/aromatic N) is 2. The van der Waals surface area contributed by atoms with E-state index in [9.17, 15) is 9.59 Å². The summed E-state index contributed by atoms with van der Waals surface area (Å²) in [5.74, 6) is 1.29. The van der Waals surface area contributed by atoms with Gasteiger partial charge in [0, 0.05) is 35.9 Å². The standard InChI is InChI=1S/C25H26N4O4/c1-28-10-7-25(8-11-28,24(31)27-18-3-4-19-16(12-18)6-9-26-19)29-20(14-23(29)30)17-2-5-21-22(13-17)33-15-32-21/h2-6,9,12-13,20,26H,7-8,10-11,14-15H2,1H3,(H,27,31). The number of likely N-dealkylation sites (tertiary alicyclic amines) is 2. The first-order chi connectivity index (χ1) is 16.0. The van der Waals surface area contributed by atoms with Gasteiger partial charge in [0.15, 0.2) is 11.5 Å². The number of carbonyl (C=O) groups excluding carboxylic acids is 2. The monoisotopic (exact) mass is 446 g/mol. The number of carbonyl (C=O) groups is 2. The van der Waals surface area contributed by atoms with Crippen LogP contribution in [0.3, 0.4) is 0 Å². The molecule has 1 aromatic heterocycles. The molecule has 3 aromatic rings. The number of β-lactam (4-membered cyclic amide) rings is 1. The zero-order valence-electron chi connectivity index (χ0n) is 18.5. The van der Waals surface area contributed by atoms with Crippen molar-refractivity contribution in [3.05, 3.63) is 54.2 Å². The van der Waals surface area contributed by atoms with Gasteiger partial charge in [-0.05, 0) is 61.9 Å². The van der Waals surface area contributed by atoms with Gasteiger partial charge in [-0.2, -0.15) is 0 Å². The highest BCUT2D eigenvalue weighted by Crippen LogP contribution is 2.47. The lowest BCUT2D eigenvalue weighted by Crippen LogP contribution is -2.68. The molecule has 2 amide bonds. The number of aromatic nitrogens is 1. The van der Waals surface area contributed by atoms with E-state index in [0.29, 0.717) is 30.8 Å². The minimum Gasteiger partial charge on any atom is -0.454 e. The molecule has 33 heavy (non-hydrogen) atoms. The first-order valence-electron chi connectivity index (χ1n) is 11.3. The molecule has 0 spiro atoms. The van der Waals surface area contributed by atoms with Gasteiger partial charge in [0.25, 0.3) is 0 Å². The van der Waals surface area contributed by atoms with E-state index in [4.69, 9.17) is 9.47 Å². The summed E-state index contributed by atoms with van der Waals surface area (Å²) in [5.41, 5.74) is 1.83. The number of H-pyrrole nitrogens is 1. The highest BCUT2D eigenvalue weighted by atomic mass is 16.7. The molecular weight excluding hydrogens is 420 g/mol. The second kappa shape index (κ2) is 7.52. The Kier molecular flexibility index (Phi) is 4.58. The molecule has 2 aromatic carbocycles. The molecule has 0 bridgehead atoms. The molecule has 0 radical (unpaired) electrons. The summed E-state index contributed by atoms with van der Waals surface area (Å²) < 4.78 is 11.0. The van der Waals surface area contributed by atoms with Crippen LogP contribution in [0.1, 0.15) is 30.9 Å². The van der Waals surface area contributed by atoms with Crippen LogP contribution in [0.4, 0.5) is 5.69 Å². The summed E-state index contributed by atoms with van der Waals surface area (Å²) >= 11 is 0. The average molecular weight is 447 g/mol. The number of rotatable bonds is 4. The van der Waals surface area contributed by atoms with E-state index in [1.54, 1.807) is 0 Å². The lowest BCUT2D eigenvalue weighted by atomic mass is 9.78. The maximum atomic E-state index is 13.8. The molecule has 0 aliphatic carbocycles. The second-order valence-corrected chi connectivity index (χ2v) is 9.17. The first kappa shape index (κ1) is 20.1. The summed E-state index contributed by atoms with van der Waals surface area (Å²) in [7, 11) is 2.05. The van der Waals surface area contributed by atoms with Gasteiger partial charge in [0.1, 0.15) is 5.54 Å². The molecule has 2 N–H and O–H groups in total. The third-order valence-corrected chi connectivity index (χ3v) is 7.24. The van der Waals surface area contributed by atoms with Gasteiger partial charge >= 0.3 is 0 Å². The van der Waals surface area contributed by atoms with E-state index < -0.39 is 5.54 Å². The molecule has 170 valence electrons. The van der Waals surface area contributed by atoms with Crippen molar-refractivity contribution in [2.45, 2.75) is 30.8 Å². The van der Waals surface area contributed by atoms with E-state index in [2.05, 4.69) is 22.2 Å². The fourth-order valence-corrected chi connectivity index (χ4v) is 5.29. The number of nitrogens with one attached hydrogen (secondary N) is 2. The van der Waals surface area contributed by atoms with Crippen molar-refractivity contribution >= 4 is 28.4 Å². The second-order valence-electron chi connectivity index (χ2n) is 9.17. The van der Waals surface area contributed by atoms with Gasteiger partial charge in [-0.25, -0.2) is 0 Å². The van der Waals surface area contributed by atoms with Crippen molar-refractivity contribution in [2.24, 2.45) is 0 Å². The Labute approximate surface area is 191 Å². The van der Waals surface area contributed by atoms with Crippen LogP contribution >= 0.6 is 0 Å². The summed E-state index contributed by atoms with van der Waals surface area (Å²) in [6.45, 7) is 1.71. The molecule has 6 rings (SSSR count). The Morgan fingerprint density at radius 2 is 1.91 bits per heavy atom. The maximum Gasteiger partial charge on any atom is 0.250 e. The van der Waals surface area contributed by atoms with Gasteiger partial charge in [-0.1, -0.05) is 6.07 Å². The van der Waals surface area contributed by atoms with Crippen LogP contribution < -0.4 is 14.8 Å². The number of amides is 2. The number of hydrogen-bond acceptors (Lipinski definition) is 5. The molecule has 1 unspecified atom stereocenters. The molecule has 1 atom stereocenters. The van der Waals surface area contributed by atoms with E-state index in [1.165, 1.54) is 0 Å². The minimum absolute atomic E-state index is 0.0125. The maximum absolute atomic E-state index is 13.8. The molecular formula is C25H26N4O4. The number of aromatic amines is 1. The average Bonchev–Trinajstić information content (AvgIpc) is 3.47. The minimum atomic E-state index is -0.893. The molecule has 2 fully saturated rings. The van der Waals surface area contributed by atoms with Crippen LogP contribution in [0.5, 0.6) is 11.5 Å². The lowest BCUT2D eigenvalue weighted by Gasteiger charge is -2.54. The molecule has 2 saturated heterocycles. The van der Waals surface area contributed by atoms with E-state index >= 15 is 0 Å². The zero-order valence-corrected chi connectivity index (χ0v) is 18.5. The molecule has 0 saturated carbocycles. The van der Waals surface area contributed by atoms with Gasteiger partial charge in [0.05, 0.1) is 12.5 Å². The van der Waals surface area contributed by atoms with Crippen molar-refractivity contribution in [1.29, 1.82) is 0 Å². The summed E-state index contributed by atoms with van der Waals surface area (Å²) in [6.07, 6.45) is 3.45. The molecule has 3 aliphatic heterocycles.